The van der Waals surface area contributed by atoms with E-state index in [2.05, 4.69) is 0 Å². The van der Waals surface area contributed by atoms with Gasteiger partial charge in [-0.15, -0.1) is 0 Å². The Kier molecular flexibility index (Phi) is 1.95. The minimum Gasteiger partial charge on any atom is -0.422 e. The van der Waals surface area contributed by atoms with E-state index >= 15 is 0 Å². The molecule has 6 heteroatoms. The lowest BCUT2D eigenvalue weighted by Gasteiger charge is -2.36. The van der Waals surface area contributed by atoms with Crippen LogP contribution in [0.3, 0.4) is 0 Å². The van der Waals surface area contributed by atoms with Gasteiger partial charge in [0.05, 0.1) is 0 Å². The Hall–Kier alpha value is -1.72. The fraction of sp³-hybridized carbons (Fsp3) is 0.600. The van der Waals surface area contributed by atoms with Crippen LogP contribution < -0.4 is 0 Å². The first-order chi connectivity index (χ1) is 7.30. The number of hydrogen-bond acceptors (Lipinski definition) is 6. The average molecular weight is 226 g/mol. The number of cyclic esters (lactones) is 2. The molecule has 1 aliphatic heterocycles. The van der Waals surface area contributed by atoms with Gasteiger partial charge in [-0.3, -0.25) is 9.59 Å². The number of ether oxygens (including phenoxy) is 2. The topological polar surface area (TPSA) is 86.7 Å². The molecule has 86 valence electrons. The molecule has 0 aromatic carbocycles. The summed E-state index contributed by atoms with van der Waals surface area (Å²) in [5.41, 5.74) is -2.34. The molecule has 0 radical (unpaired) electrons. The molecular formula is C10H10O6. The van der Waals surface area contributed by atoms with Gasteiger partial charge >= 0.3 is 11.9 Å². The first-order valence-corrected chi connectivity index (χ1v) is 4.84. The summed E-state index contributed by atoms with van der Waals surface area (Å²) in [5, 5.41) is 0. The van der Waals surface area contributed by atoms with Crippen molar-refractivity contribution >= 4 is 23.5 Å². The van der Waals surface area contributed by atoms with Gasteiger partial charge in [-0.05, 0) is 0 Å². The molecule has 16 heavy (non-hydrogen) atoms. The van der Waals surface area contributed by atoms with E-state index in [-0.39, 0.29) is 12.8 Å². The smallest absolute Gasteiger partial charge is 0.342 e. The molecule has 2 rings (SSSR count). The van der Waals surface area contributed by atoms with E-state index in [0.29, 0.717) is 0 Å². The lowest BCUT2D eigenvalue weighted by Crippen LogP contribution is -2.58. The Morgan fingerprint density at radius 1 is 0.875 bits per heavy atom. The maximum atomic E-state index is 11.7. The van der Waals surface area contributed by atoms with Crippen LogP contribution in [0.15, 0.2) is 0 Å². The third-order valence-corrected chi connectivity index (χ3v) is 2.70. The maximum Gasteiger partial charge on any atom is 0.342 e. The molecule has 1 heterocycles. The molecule has 2 fully saturated rings. The first-order valence-electron chi connectivity index (χ1n) is 4.84. The summed E-state index contributed by atoms with van der Waals surface area (Å²) in [5.74, 6) is -5.11. The predicted molar refractivity (Wildman–Crippen MR) is 47.9 cm³/mol. The van der Waals surface area contributed by atoms with E-state index in [1.54, 1.807) is 0 Å². The van der Waals surface area contributed by atoms with Crippen molar-refractivity contribution in [2.75, 3.05) is 0 Å². The molecule has 0 aromatic rings. The van der Waals surface area contributed by atoms with Crippen molar-refractivity contribution in [2.24, 2.45) is 5.41 Å². The zero-order valence-electron chi connectivity index (χ0n) is 8.86. The molecular weight excluding hydrogens is 216 g/mol. The highest BCUT2D eigenvalue weighted by Crippen LogP contribution is 2.40. The SMILES string of the molecule is CC1(C)OC(=O)C2(C(=O)CCC2=O)C(=O)O1. The van der Waals surface area contributed by atoms with Crippen LogP contribution in [0.1, 0.15) is 26.7 Å². The summed E-state index contributed by atoms with van der Waals surface area (Å²) in [4.78, 5) is 46.5. The summed E-state index contributed by atoms with van der Waals surface area (Å²) in [6.45, 7) is 2.72. The molecule has 0 N–H and O–H groups in total. The van der Waals surface area contributed by atoms with E-state index in [0.717, 1.165) is 0 Å². The van der Waals surface area contributed by atoms with Crippen LogP contribution in [0.4, 0.5) is 0 Å². The van der Waals surface area contributed by atoms with Crippen LogP contribution in [0.5, 0.6) is 0 Å². The van der Waals surface area contributed by atoms with E-state index in [1.165, 1.54) is 13.8 Å². The molecule has 6 nitrogen and oxygen atoms in total. The number of carbonyl (C=O) groups is 4. The second-order valence-electron chi connectivity index (χ2n) is 4.28. The molecule has 1 saturated carbocycles. The number of rotatable bonds is 0. The van der Waals surface area contributed by atoms with Crippen molar-refractivity contribution in [1.82, 2.24) is 0 Å². The molecule has 0 unspecified atom stereocenters. The van der Waals surface area contributed by atoms with Crippen molar-refractivity contribution < 1.29 is 28.7 Å². The third kappa shape index (κ3) is 1.12. The van der Waals surface area contributed by atoms with Crippen LogP contribution >= 0.6 is 0 Å². The molecule has 0 bridgehead atoms. The van der Waals surface area contributed by atoms with Crippen molar-refractivity contribution in [2.45, 2.75) is 32.5 Å². The standard InChI is InChI=1S/C10H10O6/c1-9(2)15-7(13)10(8(14)16-9)5(11)3-4-6(10)12/h3-4H2,1-2H3. The van der Waals surface area contributed by atoms with Crippen LogP contribution in [0, 0.1) is 5.41 Å². The molecule has 2 aliphatic rings. The fourth-order valence-corrected chi connectivity index (χ4v) is 1.92. The molecule has 0 atom stereocenters. The summed E-state index contributed by atoms with van der Waals surface area (Å²) < 4.78 is 9.60. The van der Waals surface area contributed by atoms with Crippen molar-refractivity contribution in [3.63, 3.8) is 0 Å². The molecule has 1 saturated heterocycles. The number of carbonyl (C=O) groups excluding carboxylic acids is 4. The van der Waals surface area contributed by atoms with Gasteiger partial charge in [-0.1, -0.05) is 0 Å². The third-order valence-electron chi connectivity index (χ3n) is 2.70. The predicted octanol–water partition coefficient (Wildman–Crippen LogP) is -0.259. The lowest BCUT2D eigenvalue weighted by molar-refractivity contribution is -0.245. The van der Waals surface area contributed by atoms with Crippen LogP contribution in [0.2, 0.25) is 0 Å². The van der Waals surface area contributed by atoms with E-state index in [4.69, 9.17) is 9.47 Å². The number of esters is 2. The number of hydrogen-bond donors (Lipinski definition) is 0. The highest BCUT2D eigenvalue weighted by Gasteiger charge is 2.68. The minimum atomic E-state index is -2.34. The van der Waals surface area contributed by atoms with Gasteiger partial charge < -0.3 is 9.47 Å². The second kappa shape index (κ2) is 2.90. The van der Waals surface area contributed by atoms with Crippen molar-refractivity contribution in [3.8, 4) is 0 Å². The highest BCUT2D eigenvalue weighted by atomic mass is 16.7. The Morgan fingerprint density at radius 2 is 1.25 bits per heavy atom. The molecule has 0 aromatic heterocycles. The van der Waals surface area contributed by atoms with Gasteiger partial charge in [0.2, 0.25) is 0 Å². The zero-order valence-corrected chi connectivity index (χ0v) is 8.86. The first kappa shape index (κ1) is 10.8. The monoisotopic (exact) mass is 226 g/mol. The molecule has 0 amide bonds. The van der Waals surface area contributed by atoms with Gasteiger partial charge in [0, 0.05) is 26.7 Å². The minimum absolute atomic E-state index is 0.122. The van der Waals surface area contributed by atoms with Gasteiger partial charge in [0.25, 0.3) is 11.2 Å². The zero-order chi connectivity index (χ0) is 12.1. The average Bonchev–Trinajstić information content (AvgIpc) is 2.39. The fourth-order valence-electron chi connectivity index (χ4n) is 1.92. The van der Waals surface area contributed by atoms with Crippen molar-refractivity contribution in [1.29, 1.82) is 0 Å². The molecule has 1 spiro atoms. The summed E-state index contributed by atoms with van der Waals surface area (Å²) in [6, 6.07) is 0. The Labute approximate surface area is 90.9 Å². The van der Waals surface area contributed by atoms with Crippen LogP contribution in [-0.4, -0.2) is 29.3 Å². The summed E-state index contributed by atoms with van der Waals surface area (Å²) in [6.07, 6.45) is -0.243. The van der Waals surface area contributed by atoms with Gasteiger partial charge in [-0.25, -0.2) is 9.59 Å². The van der Waals surface area contributed by atoms with Gasteiger partial charge in [0.1, 0.15) is 0 Å². The van der Waals surface area contributed by atoms with Crippen molar-refractivity contribution in [3.05, 3.63) is 0 Å². The van der Waals surface area contributed by atoms with Gasteiger partial charge in [0.15, 0.2) is 11.6 Å². The van der Waals surface area contributed by atoms with Crippen LogP contribution in [0.25, 0.3) is 0 Å². The van der Waals surface area contributed by atoms with Gasteiger partial charge in [-0.2, -0.15) is 0 Å². The van der Waals surface area contributed by atoms with E-state index in [1.807, 2.05) is 0 Å². The summed E-state index contributed by atoms with van der Waals surface area (Å²) >= 11 is 0. The quantitative estimate of drug-likeness (QED) is 0.418. The van der Waals surface area contributed by atoms with E-state index in [9.17, 15) is 19.2 Å². The normalized spacial score (nSPS) is 26.9. The Balaban J connectivity index is 2.50. The largest absolute Gasteiger partial charge is 0.422 e. The van der Waals surface area contributed by atoms with E-state index < -0.39 is 34.7 Å². The maximum absolute atomic E-state index is 11.7. The number of Topliss-reactive ketones (excluding diaryl/α,β-unsaturated/α-hetero) is 2. The van der Waals surface area contributed by atoms with Crippen LogP contribution in [-0.2, 0) is 28.7 Å². The lowest BCUT2D eigenvalue weighted by atomic mass is 9.83. The Bertz CT molecular complexity index is 381. The summed E-state index contributed by atoms with van der Waals surface area (Å²) in [7, 11) is 0. The Morgan fingerprint density at radius 3 is 1.62 bits per heavy atom. The molecule has 1 aliphatic carbocycles. The highest BCUT2D eigenvalue weighted by molar-refractivity contribution is 6.39. The second-order valence-corrected chi connectivity index (χ2v) is 4.28. The number of ketones is 2.